The summed E-state index contributed by atoms with van der Waals surface area (Å²) in [4.78, 5) is 45.0. The number of nitrogens with one attached hydrogen (secondary N) is 1. The van der Waals surface area contributed by atoms with Crippen molar-refractivity contribution < 1.29 is 28.7 Å². The van der Waals surface area contributed by atoms with Crippen molar-refractivity contribution in [1.82, 2.24) is 5.32 Å². The number of hydrogen-bond donors (Lipinski definition) is 3. The van der Waals surface area contributed by atoms with Crippen molar-refractivity contribution in [1.29, 1.82) is 0 Å². The van der Waals surface area contributed by atoms with Crippen molar-refractivity contribution in [3.8, 4) is 0 Å². The maximum absolute atomic E-state index is 11.9. The molecule has 0 aliphatic heterocycles. The number of esters is 3. The van der Waals surface area contributed by atoms with Crippen molar-refractivity contribution >= 4 is 23.8 Å². The Kier molecular flexibility index (Phi) is 8.17. The van der Waals surface area contributed by atoms with Crippen LogP contribution in [0.5, 0.6) is 0 Å². The largest absolute Gasteiger partial charge is 0.468 e. The summed E-state index contributed by atoms with van der Waals surface area (Å²) in [7, 11) is 1.21. The van der Waals surface area contributed by atoms with Crippen LogP contribution in [0.15, 0.2) is 0 Å². The van der Waals surface area contributed by atoms with Crippen LogP contribution in [-0.2, 0) is 28.7 Å². The van der Waals surface area contributed by atoms with Gasteiger partial charge < -0.3 is 20.9 Å². The molecule has 0 heterocycles. The lowest BCUT2D eigenvalue weighted by Gasteiger charge is -2.20. The molecule has 5 N–H and O–H groups in total. The number of amides is 1. The zero-order valence-electron chi connectivity index (χ0n) is 12.3. The summed E-state index contributed by atoms with van der Waals surface area (Å²) >= 11 is 0. The Morgan fingerprint density at radius 2 is 1.71 bits per heavy atom. The van der Waals surface area contributed by atoms with Gasteiger partial charge in [-0.15, -0.1) is 0 Å². The first kappa shape index (κ1) is 19.0. The zero-order chi connectivity index (χ0) is 16.6. The molecule has 0 radical (unpaired) electrons. The Morgan fingerprint density at radius 3 is 2.14 bits per heavy atom. The minimum atomic E-state index is -1.31. The van der Waals surface area contributed by atoms with E-state index in [1.54, 1.807) is 13.8 Å². The summed E-state index contributed by atoms with van der Waals surface area (Å²) < 4.78 is 9.01. The SMILES string of the molecule is COC(=O)CN[C@H](C(=O)OC(=O)[C@@H](N)CC(N)=O)C(C)C. The number of primary amides is 1. The molecule has 0 fully saturated rings. The summed E-state index contributed by atoms with van der Waals surface area (Å²) in [6, 6.07) is -2.20. The second-order valence-corrected chi connectivity index (χ2v) is 4.70. The van der Waals surface area contributed by atoms with Crippen molar-refractivity contribution in [2.75, 3.05) is 13.7 Å². The molecule has 0 rings (SSSR count). The van der Waals surface area contributed by atoms with Crippen LogP contribution in [0, 0.1) is 5.92 Å². The third-order valence-electron chi connectivity index (χ3n) is 2.54. The highest BCUT2D eigenvalue weighted by Crippen LogP contribution is 2.05. The second-order valence-electron chi connectivity index (χ2n) is 4.70. The number of carbonyl (C=O) groups is 4. The van der Waals surface area contributed by atoms with Crippen LogP contribution in [-0.4, -0.2) is 49.6 Å². The van der Waals surface area contributed by atoms with Crippen LogP contribution in [0.3, 0.4) is 0 Å². The maximum atomic E-state index is 11.9. The molecule has 9 nitrogen and oxygen atoms in total. The van der Waals surface area contributed by atoms with Gasteiger partial charge >= 0.3 is 17.9 Å². The first-order valence-electron chi connectivity index (χ1n) is 6.28. The van der Waals surface area contributed by atoms with Gasteiger partial charge in [-0.05, 0) is 5.92 Å². The first-order chi connectivity index (χ1) is 9.68. The van der Waals surface area contributed by atoms with Crippen molar-refractivity contribution in [2.45, 2.75) is 32.4 Å². The predicted octanol–water partition coefficient (Wildman–Crippen LogP) is -1.95. The number of ether oxygens (including phenoxy) is 2. The molecule has 0 saturated carbocycles. The molecule has 0 unspecified atom stereocenters. The van der Waals surface area contributed by atoms with Gasteiger partial charge in [0.15, 0.2) is 0 Å². The van der Waals surface area contributed by atoms with Gasteiger partial charge in [0.25, 0.3) is 0 Å². The molecule has 0 aromatic heterocycles. The Balaban J connectivity index is 4.57. The minimum absolute atomic E-state index is 0.212. The smallest absolute Gasteiger partial charge is 0.331 e. The number of rotatable bonds is 8. The molecule has 1 amide bonds. The van der Waals surface area contributed by atoms with E-state index in [1.807, 2.05) is 0 Å². The van der Waals surface area contributed by atoms with E-state index < -0.39 is 42.3 Å². The average Bonchev–Trinajstić information content (AvgIpc) is 2.37. The quantitative estimate of drug-likeness (QED) is 0.345. The molecule has 21 heavy (non-hydrogen) atoms. The van der Waals surface area contributed by atoms with Crippen LogP contribution in [0.25, 0.3) is 0 Å². The van der Waals surface area contributed by atoms with Gasteiger partial charge in [-0.25, -0.2) is 9.59 Å². The highest BCUT2D eigenvalue weighted by atomic mass is 16.6. The molecular formula is C12H21N3O6. The van der Waals surface area contributed by atoms with Gasteiger partial charge in [-0.2, -0.15) is 0 Å². The first-order valence-corrected chi connectivity index (χ1v) is 6.28. The van der Waals surface area contributed by atoms with Crippen LogP contribution in [0.4, 0.5) is 0 Å². The molecule has 0 saturated heterocycles. The van der Waals surface area contributed by atoms with E-state index in [4.69, 9.17) is 11.5 Å². The van der Waals surface area contributed by atoms with Crippen LogP contribution >= 0.6 is 0 Å². The Bertz CT molecular complexity index is 410. The molecule has 0 aromatic carbocycles. The van der Waals surface area contributed by atoms with Gasteiger partial charge in [-0.3, -0.25) is 14.9 Å². The average molecular weight is 303 g/mol. The van der Waals surface area contributed by atoms with Crippen molar-refractivity contribution in [3.63, 3.8) is 0 Å². The minimum Gasteiger partial charge on any atom is -0.468 e. The molecule has 0 aromatic rings. The Labute approximate surface area is 122 Å². The molecule has 0 bridgehead atoms. The van der Waals surface area contributed by atoms with Gasteiger partial charge in [0.2, 0.25) is 5.91 Å². The number of hydrogen-bond acceptors (Lipinski definition) is 8. The van der Waals surface area contributed by atoms with E-state index in [0.29, 0.717) is 0 Å². The lowest BCUT2D eigenvalue weighted by molar-refractivity contribution is -0.163. The Hall–Kier alpha value is -2.00. The van der Waals surface area contributed by atoms with E-state index in [2.05, 4.69) is 14.8 Å². The van der Waals surface area contributed by atoms with E-state index in [1.165, 1.54) is 7.11 Å². The van der Waals surface area contributed by atoms with E-state index in [9.17, 15) is 19.2 Å². The lowest BCUT2D eigenvalue weighted by atomic mass is 10.0. The summed E-state index contributed by atoms with van der Waals surface area (Å²) in [5, 5.41) is 2.62. The third-order valence-corrected chi connectivity index (χ3v) is 2.54. The molecule has 0 aliphatic carbocycles. The fraction of sp³-hybridized carbons (Fsp3) is 0.667. The van der Waals surface area contributed by atoms with Gasteiger partial charge in [0.1, 0.15) is 12.1 Å². The summed E-state index contributed by atoms with van der Waals surface area (Å²) in [6.45, 7) is 3.18. The second kappa shape index (κ2) is 9.03. The highest BCUT2D eigenvalue weighted by Gasteiger charge is 2.28. The summed E-state index contributed by atoms with van der Waals surface area (Å²) in [5.74, 6) is -3.54. The molecular weight excluding hydrogens is 282 g/mol. The maximum Gasteiger partial charge on any atom is 0.331 e. The fourth-order valence-corrected chi connectivity index (χ4v) is 1.40. The van der Waals surface area contributed by atoms with Gasteiger partial charge in [-0.1, -0.05) is 13.8 Å². The summed E-state index contributed by atoms with van der Waals surface area (Å²) in [6.07, 6.45) is -0.423. The molecule has 0 aliphatic rings. The fourth-order valence-electron chi connectivity index (χ4n) is 1.40. The number of nitrogens with two attached hydrogens (primary N) is 2. The van der Waals surface area contributed by atoms with Crippen molar-refractivity contribution in [2.24, 2.45) is 17.4 Å². The number of carbonyl (C=O) groups excluding carboxylic acids is 4. The van der Waals surface area contributed by atoms with Crippen molar-refractivity contribution in [3.05, 3.63) is 0 Å². The normalized spacial score (nSPS) is 13.4. The number of methoxy groups -OCH3 is 1. The molecule has 9 heteroatoms. The predicted molar refractivity (Wildman–Crippen MR) is 71.5 cm³/mol. The van der Waals surface area contributed by atoms with Crippen LogP contribution in [0.1, 0.15) is 20.3 Å². The van der Waals surface area contributed by atoms with Crippen LogP contribution < -0.4 is 16.8 Å². The molecule has 2 atom stereocenters. The summed E-state index contributed by atoms with van der Waals surface area (Å²) in [5.41, 5.74) is 10.3. The monoisotopic (exact) mass is 303 g/mol. The molecule has 120 valence electrons. The van der Waals surface area contributed by atoms with Crippen LogP contribution in [0.2, 0.25) is 0 Å². The highest BCUT2D eigenvalue weighted by molar-refractivity contribution is 5.93. The van der Waals surface area contributed by atoms with E-state index >= 15 is 0 Å². The standard InChI is InChI=1S/C12H21N3O6/c1-6(2)10(15-5-9(17)20-3)12(19)21-11(18)7(13)4-8(14)16/h6-7,10,15H,4-5,13H2,1-3H3,(H2,14,16)/t7-,10-/m0/s1. The van der Waals surface area contributed by atoms with Gasteiger partial charge in [0.05, 0.1) is 20.1 Å². The topological polar surface area (TPSA) is 151 Å². The Morgan fingerprint density at radius 1 is 1.14 bits per heavy atom. The zero-order valence-corrected chi connectivity index (χ0v) is 12.3. The molecule has 0 spiro atoms. The van der Waals surface area contributed by atoms with E-state index in [-0.39, 0.29) is 12.5 Å². The van der Waals surface area contributed by atoms with E-state index in [0.717, 1.165) is 0 Å². The third kappa shape index (κ3) is 7.37. The lowest BCUT2D eigenvalue weighted by Crippen LogP contribution is -2.47. The van der Waals surface area contributed by atoms with Gasteiger partial charge in [0, 0.05) is 0 Å².